The molecular formula is C16H20N2O. The first kappa shape index (κ1) is 12.4. The van der Waals surface area contributed by atoms with Crippen LogP contribution >= 0.6 is 0 Å². The summed E-state index contributed by atoms with van der Waals surface area (Å²) >= 11 is 0. The lowest BCUT2D eigenvalue weighted by molar-refractivity contribution is 0.320. The van der Waals surface area contributed by atoms with Gasteiger partial charge in [-0.05, 0) is 31.4 Å². The number of nitrogens with zero attached hydrogens (tertiary/aromatic N) is 1. The van der Waals surface area contributed by atoms with Crippen LogP contribution in [0.4, 0.5) is 0 Å². The molecule has 0 amide bonds. The van der Waals surface area contributed by atoms with Gasteiger partial charge in [0.1, 0.15) is 5.75 Å². The van der Waals surface area contributed by atoms with E-state index in [0.29, 0.717) is 6.04 Å². The van der Waals surface area contributed by atoms with Crippen LogP contribution in [0, 0.1) is 0 Å². The Morgan fingerprint density at radius 3 is 2.95 bits per heavy atom. The fourth-order valence-electron chi connectivity index (χ4n) is 2.15. The third-order valence-electron chi connectivity index (χ3n) is 3.34. The van der Waals surface area contributed by atoms with Crippen molar-refractivity contribution in [2.24, 2.45) is 0 Å². The van der Waals surface area contributed by atoms with Gasteiger partial charge in [-0.15, -0.1) is 0 Å². The molecular weight excluding hydrogens is 236 g/mol. The number of rotatable bonds is 6. The van der Waals surface area contributed by atoms with Crippen LogP contribution in [0.5, 0.6) is 5.75 Å². The second-order valence-corrected chi connectivity index (χ2v) is 5.13. The van der Waals surface area contributed by atoms with Crippen LogP contribution in [0.3, 0.4) is 0 Å². The molecule has 0 bridgehead atoms. The largest absolute Gasteiger partial charge is 0.493 e. The van der Waals surface area contributed by atoms with E-state index >= 15 is 0 Å². The molecule has 0 spiro atoms. The summed E-state index contributed by atoms with van der Waals surface area (Å²) in [6.45, 7) is 3.71. The van der Waals surface area contributed by atoms with Crippen LogP contribution in [0.2, 0.25) is 0 Å². The minimum atomic E-state index is 0.702. The third-order valence-corrected chi connectivity index (χ3v) is 3.34. The molecule has 0 saturated heterocycles. The summed E-state index contributed by atoms with van der Waals surface area (Å²) in [5.74, 6) is 0.958. The van der Waals surface area contributed by atoms with Gasteiger partial charge >= 0.3 is 0 Å². The number of benzene rings is 1. The highest BCUT2D eigenvalue weighted by molar-refractivity contribution is 5.85. The summed E-state index contributed by atoms with van der Waals surface area (Å²) in [5, 5.41) is 4.61. The number of aromatic nitrogens is 1. The quantitative estimate of drug-likeness (QED) is 0.861. The Bertz CT molecular complexity index is 564. The molecule has 1 aliphatic carbocycles. The first-order valence-electron chi connectivity index (χ1n) is 7.11. The number of para-hydroxylation sites is 1. The van der Waals surface area contributed by atoms with Crippen LogP contribution < -0.4 is 10.1 Å². The van der Waals surface area contributed by atoms with Gasteiger partial charge in [0.25, 0.3) is 0 Å². The van der Waals surface area contributed by atoms with Gasteiger partial charge in [-0.2, -0.15) is 0 Å². The number of fused-ring (bicyclic) bond motifs is 1. The van der Waals surface area contributed by atoms with Crippen LogP contribution in [-0.2, 0) is 6.54 Å². The minimum absolute atomic E-state index is 0.702. The van der Waals surface area contributed by atoms with E-state index in [9.17, 15) is 0 Å². The van der Waals surface area contributed by atoms with Gasteiger partial charge in [-0.3, -0.25) is 4.98 Å². The van der Waals surface area contributed by atoms with E-state index in [1.165, 1.54) is 12.8 Å². The summed E-state index contributed by atoms with van der Waals surface area (Å²) in [4.78, 5) is 4.70. The highest BCUT2D eigenvalue weighted by Gasteiger charge is 2.20. The van der Waals surface area contributed by atoms with Crippen molar-refractivity contribution in [3.05, 3.63) is 36.0 Å². The normalized spacial score (nSPS) is 14.8. The smallest absolute Gasteiger partial charge is 0.130 e. The Hall–Kier alpha value is -1.61. The van der Waals surface area contributed by atoms with Gasteiger partial charge in [-0.1, -0.05) is 19.1 Å². The number of nitrogens with one attached hydrogen (secondary N) is 1. The summed E-state index contributed by atoms with van der Waals surface area (Å²) in [6.07, 6.45) is 3.62. The van der Waals surface area contributed by atoms with Crippen molar-refractivity contribution in [3.63, 3.8) is 0 Å². The zero-order valence-electron chi connectivity index (χ0n) is 11.4. The van der Waals surface area contributed by atoms with Gasteiger partial charge in [-0.25, -0.2) is 0 Å². The van der Waals surface area contributed by atoms with Crippen LogP contribution in [0.25, 0.3) is 10.9 Å². The Labute approximate surface area is 114 Å². The molecule has 0 aliphatic heterocycles. The molecule has 19 heavy (non-hydrogen) atoms. The molecule has 1 heterocycles. The molecule has 0 atom stereocenters. The lowest BCUT2D eigenvalue weighted by Gasteiger charge is -2.11. The fraction of sp³-hybridized carbons (Fsp3) is 0.438. The molecule has 3 rings (SSSR count). The predicted octanol–water partition coefficient (Wildman–Crippen LogP) is 3.28. The maximum absolute atomic E-state index is 5.86. The maximum atomic E-state index is 5.86. The van der Waals surface area contributed by atoms with Crippen molar-refractivity contribution >= 4 is 10.9 Å². The monoisotopic (exact) mass is 256 g/mol. The Balaban J connectivity index is 1.88. The van der Waals surface area contributed by atoms with Gasteiger partial charge in [0, 0.05) is 24.0 Å². The first-order valence-corrected chi connectivity index (χ1v) is 7.11. The molecule has 1 aromatic carbocycles. The van der Waals surface area contributed by atoms with E-state index in [-0.39, 0.29) is 0 Å². The van der Waals surface area contributed by atoms with E-state index in [1.54, 1.807) is 0 Å². The molecule has 3 nitrogen and oxygen atoms in total. The second-order valence-electron chi connectivity index (χ2n) is 5.13. The van der Waals surface area contributed by atoms with E-state index in [0.717, 1.165) is 41.9 Å². The molecule has 1 N–H and O–H groups in total. The average Bonchev–Trinajstić information content (AvgIpc) is 3.26. The second kappa shape index (κ2) is 5.57. The minimum Gasteiger partial charge on any atom is -0.493 e. The Kier molecular flexibility index (Phi) is 3.65. The van der Waals surface area contributed by atoms with Gasteiger partial charge in [0.15, 0.2) is 0 Å². The zero-order valence-corrected chi connectivity index (χ0v) is 11.4. The lowest BCUT2D eigenvalue weighted by atomic mass is 10.2. The maximum Gasteiger partial charge on any atom is 0.130 e. The van der Waals surface area contributed by atoms with Gasteiger partial charge < -0.3 is 10.1 Å². The molecule has 1 saturated carbocycles. The molecule has 3 heteroatoms. The molecule has 1 aliphatic rings. The summed E-state index contributed by atoms with van der Waals surface area (Å²) in [5.41, 5.74) is 2.08. The van der Waals surface area contributed by atoms with Gasteiger partial charge in [0.2, 0.25) is 0 Å². The van der Waals surface area contributed by atoms with Gasteiger partial charge in [0.05, 0.1) is 17.8 Å². The molecule has 0 radical (unpaired) electrons. The number of hydrogen-bond donors (Lipinski definition) is 1. The Morgan fingerprint density at radius 2 is 2.16 bits per heavy atom. The molecule has 0 unspecified atom stereocenters. The standard InChI is InChI=1S/C16H20N2O/c1-2-9-19-16-10-13(11-17-12-7-8-12)18-15-6-4-3-5-14(15)16/h3-6,10,12,17H,2,7-9,11H2,1H3. The molecule has 100 valence electrons. The van der Waals surface area contributed by atoms with Crippen molar-refractivity contribution in [2.75, 3.05) is 6.61 Å². The van der Waals surface area contributed by atoms with Crippen LogP contribution in [0.15, 0.2) is 30.3 Å². The average molecular weight is 256 g/mol. The van der Waals surface area contributed by atoms with E-state index < -0.39 is 0 Å². The van der Waals surface area contributed by atoms with Crippen LogP contribution in [0.1, 0.15) is 31.9 Å². The topological polar surface area (TPSA) is 34.1 Å². The first-order chi connectivity index (χ1) is 9.36. The highest BCUT2D eigenvalue weighted by Crippen LogP contribution is 2.26. The van der Waals surface area contributed by atoms with Crippen molar-refractivity contribution in [2.45, 2.75) is 38.8 Å². The van der Waals surface area contributed by atoms with Crippen molar-refractivity contribution in [3.8, 4) is 5.75 Å². The van der Waals surface area contributed by atoms with E-state index in [4.69, 9.17) is 9.72 Å². The number of pyridine rings is 1. The predicted molar refractivity (Wildman–Crippen MR) is 77.4 cm³/mol. The fourth-order valence-corrected chi connectivity index (χ4v) is 2.15. The zero-order chi connectivity index (χ0) is 13.1. The number of hydrogen-bond acceptors (Lipinski definition) is 3. The highest BCUT2D eigenvalue weighted by atomic mass is 16.5. The van der Waals surface area contributed by atoms with E-state index in [2.05, 4.69) is 30.4 Å². The summed E-state index contributed by atoms with van der Waals surface area (Å²) < 4.78 is 5.86. The van der Waals surface area contributed by atoms with Crippen molar-refractivity contribution < 1.29 is 4.74 Å². The Morgan fingerprint density at radius 1 is 1.32 bits per heavy atom. The number of ether oxygens (including phenoxy) is 1. The van der Waals surface area contributed by atoms with E-state index in [1.807, 2.05) is 12.1 Å². The molecule has 1 aromatic heterocycles. The van der Waals surface area contributed by atoms with Crippen molar-refractivity contribution in [1.82, 2.24) is 10.3 Å². The van der Waals surface area contributed by atoms with Crippen molar-refractivity contribution in [1.29, 1.82) is 0 Å². The lowest BCUT2D eigenvalue weighted by Crippen LogP contribution is -2.16. The molecule has 1 fully saturated rings. The molecule has 2 aromatic rings. The SMILES string of the molecule is CCCOc1cc(CNC2CC2)nc2ccccc12. The third kappa shape index (κ3) is 3.04. The summed E-state index contributed by atoms with van der Waals surface area (Å²) in [7, 11) is 0. The summed E-state index contributed by atoms with van der Waals surface area (Å²) in [6, 6.07) is 11.0. The van der Waals surface area contributed by atoms with Crippen LogP contribution in [-0.4, -0.2) is 17.6 Å².